The van der Waals surface area contributed by atoms with Crippen LogP contribution in [0.1, 0.15) is 75.1 Å². The Labute approximate surface area is 213 Å². The molecule has 1 amide bonds. The van der Waals surface area contributed by atoms with E-state index in [1.54, 1.807) is 12.1 Å². The summed E-state index contributed by atoms with van der Waals surface area (Å²) in [5.41, 5.74) is 2.96. The second kappa shape index (κ2) is 10.2. The number of pyridine rings is 1. The number of aromatic nitrogens is 1. The average Bonchev–Trinajstić information content (AvgIpc) is 3.28. The van der Waals surface area contributed by atoms with E-state index in [4.69, 9.17) is 11.6 Å². The fourth-order valence-corrected chi connectivity index (χ4v) is 7.62. The third-order valence-corrected chi connectivity index (χ3v) is 9.47. The number of hydrogen-bond acceptors (Lipinski definition) is 2. The number of carbonyl (C=O) groups is 1. The van der Waals surface area contributed by atoms with Crippen molar-refractivity contribution in [1.82, 2.24) is 9.88 Å². The number of fused-ring (bicyclic) bond motifs is 2. The van der Waals surface area contributed by atoms with Gasteiger partial charge in [0.1, 0.15) is 16.9 Å². The van der Waals surface area contributed by atoms with E-state index in [9.17, 15) is 9.18 Å². The van der Waals surface area contributed by atoms with Gasteiger partial charge in [-0.2, -0.15) is 0 Å². The standard InChI is InChI=1S/C29H37ClFN3O/c1-3-19(4-2)26-16-20(21-8-5-6-9-24(21)31)13-15-34(26)28(35)23-17-32-18-29(23)14-7-10-25-22(29)11-12-27(30)33-25/h5-6,8-9,11-12,19-20,23,26,32H,3-4,7,10,13-18H2,1-2H3/p+1/t20?,23-,26?,29-/m0/s1. The molecular formula is C29H38ClFN3O+. The van der Waals surface area contributed by atoms with Crippen LogP contribution in [0, 0.1) is 17.7 Å². The summed E-state index contributed by atoms with van der Waals surface area (Å²) in [6.07, 6.45) is 6.73. The minimum Gasteiger partial charge on any atom is -0.345 e. The Bertz CT molecular complexity index is 1070. The van der Waals surface area contributed by atoms with Crippen molar-refractivity contribution in [2.75, 3.05) is 19.6 Å². The number of rotatable bonds is 5. The number of amides is 1. The van der Waals surface area contributed by atoms with Gasteiger partial charge in [0.2, 0.25) is 5.91 Å². The molecule has 6 heteroatoms. The van der Waals surface area contributed by atoms with E-state index in [-0.39, 0.29) is 29.1 Å². The number of aryl methyl sites for hydroxylation is 1. The maximum atomic E-state index is 14.7. The van der Waals surface area contributed by atoms with Crippen LogP contribution in [0.2, 0.25) is 5.15 Å². The number of nitrogens with two attached hydrogens (primary N) is 1. The molecule has 1 aromatic heterocycles. The Morgan fingerprint density at radius 1 is 1.26 bits per heavy atom. The van der Waals surface area contributed by atoms with Gasteiger partial charge in [-0.25, -0.2) is 9.37 Å². The Morgan fingerprint density at radius 3 is 2.83 bits per heavy atom. The SMILES string of the molecule is CCC(CC)C1CC(c2ccccc2F)CCN1C(=O)[C@@H]1C[NH2+]C[C@]12CCCc1nc(Cl)ccc12. The first-order chi connectivity index (χ1) is 17.0. The topological polar surface area (TPSA) is 49.8 Å². The van der Waals surface area contributed by atoms with Crippen molar-refractivity contribution < 1.29 is 14.5 Å². The molecule has 0 saturated carbocycles. The predicted octanol–water partition coefficient (Wildman–Crippen LogP) is 4.85. The van der Waals surface area contributed by atoms with Gasteiger partial charge in [-0.3, -0.25) is 4.79 Å². The summed E-state index contributed by atoms with van der Waals surface area (Å²) in [5.74, 6) is 0.720. The molecule has 5 rings (SSSR count). The molecule has 4 nitrogen and oxygen atoms in total. The van der Waals surface area contributed by atoms with E-state index >= 15 is 0 Å². The van der Waals surface area contributed by atoms with Crippen LogP contribution in [-0.4, -0.2) is 41.5 Å². The van der Waals surface area contributed by atoms with Gasteiger partial charge in [0, 0.05) is 18.3 Å². The zero-order valence-corrected chi connectivity index (χ0v) is 21.7. The van der Waals surface area contributed by atoms with Crippen molar-refractivity contribution in [1.29, 1.82) is 0 Å². The highest BCUT2D eigenvalue weighted by Crippen LogP contribution is 2.46. The van der Waals surface area contributed by atoms with Crippen LogP contribution >= 0.6 is 11.6 Å². The number of likely N-dealkylation sites (tertiary alicyclic amines) is 1. The molecule has 0 radical (unpaired) electrons. The first-order valence-electron chi connectivity index (χ1n) is 13.5. The quantitative estimate of drug-likeness (QED) is 0.599. The van der Waals surface area contributed by atoms with Crippen molar-refractivity contribution in [3.8, 4) is 0 Å². The van der Waals surface area contributed by atoms with Gasteiger partial charge >= 0.3 is 0 Å². The Kier molecular flexibility index (Phi) is 7.18. The number of hydrogen-bond donors (Lipinski definition) is 1. The monoisotopic (exact) mass is 498 g/mol. The number of piperidine rings is 1. The first-order valence-corrected chi connectivity index (χ1v) is 13.9. The highest BCUT2D eigenvalue weighted by Gasteiger charge is 2.55. The summed E-state index contributed by atoms with van der Waals surface area (Å²) < 4.78 is 14.7. The first kappa shape index (κ1) is 24.7. The fraction of sp³-hybridized carbons (Fsp3) is 0.586. The van der Waals surface area contributed by atoms with Crippen LogP contribution in [-0.2, 0) is 16.6 Å². The molecule has 0 bridgehead atoms. The van der Waals surface area contributed by atoms with Crippen molar-refractivity contribution in [3.63, 3.8) is 0 Å². The molecule has 2 N–H and O–H groups in total. The van der Waals surface area contributed by atoms with Crippen LogP contribution in [0.3, 0.4) is 0 Å². The third-order valence-electron chi connectivity index (χ3n) is 9.25. The van der Waals surface area contributed by atoms with Crippen molar-refractivity contribution in [3.05, 3.63) is 64.2 Å². The van der Waals surface area contributed by atoms with Crippen LogP contribution in [0.15, 0.2) is 36.4 Å². The Hall–Kier alpha value is -1.98. The Balaban J connectivity index is 1.46. The van der Waals surface area contributed by atoms with Gasteiger partial charge in [-0.05, 0) is 67.2 Å². The van der Waals surface area contributed by atoms with Crippen LogP contribution < -0.4 is 5.32 Å². The van der Waals surface area contributed by atoms with Gasteiger partial charge < -0.3 is 10.2 Å². The lowest BCUT2D eigenvalue weighted by Gasteiger charge is -2.46. The van der Waals surface area contributed by atoms with E-state index in [1.165, 1.54) is 5.56 Å². The summed E-state index contributed by atoms with van der Waals surface area (Å²) in [7, 11) is 0. The summed E-state index contributed by atoms with van der Waals surface area (Å²) in [6.45, 7) is 6.91. The molecule has 3 heterocycles. The molecule has 188 valence electrons. The molecular weight excluding hydrogens is 461 g/mol. The largest absolute Gasteiger partial charge is 0.345 e. The third kappa shape index (κ3) is 4.40. The molecule has 2 saturated heterocycles. The molecule has 2 unspecified atom stereocenters. The van der Waals surface area contributed by atoms with Crippen LogP contribution in [0.4, 0.5) is 4.39 Å². The normalized spacial score (nSPS) is 28.5. The smallest absolute Gasteiger partial charge is 0.232 e. The molecule has 2 aromatic rings. The number of halogens is 2. The second-order valence-electron chi connectivity index (χ2n) is 10.8. The number of quaternary nitrogens is 1. The maximum absolute atomic E-state index is 14.7. The molecule has 35 heavy (non-hydrogen) atoms. The summed E-state index contributed by atoms with van der Waals surface area (Å²) in [5, 5.41) is 2.86. The molecule has 2 fully saturated rings. The highest BCUT2D eigenvalue weighted by atomic mass is 35.5. The molecule has 3 aliphatic rings. The van der Waals surface area contributed by atoms with Crippen LogP contribution in [0.5, 0.6) is 0 Å². The number of nitrogens with zero attached hydrogens (tertiary/aromatic N) is 2. The maximum Gasteiger partial charge on any atom is 0.232 e. The molecule has 1 aromatic carbocycles. The van der Waals surface area contributed by atoms with E-state index in [2.05, 4.69) is 35.1 Å². The molecule has 4 atom stereocenters. The molecule has 1 aliphatic carbocycles. The summed E-state index contributed by atoms with van der Waals surface area (Å²) >= 11 is 6.23. The van der Waals surface area contributed by atoms with E-state index in [0.29, 0.717) is 23.5 Å². The average molecular weight is 499 g/mol. The van der Waals surface area contributed by atoms with Gasteiger partial charge in [-0.1, -0.05) is 62.6 Å². The zero-order chi connectivity index (χ0) is 24.6. The zero-order valence-electron chi connectivity index (χ0n) is 21.0. The van der Waals surface area contributed by atoms with Gasteiger partial charge in [0.25, 0.3) is 0 Å². The van der Waals surface area contributed by atoms with E-state index in [1.807, 2.05) is 18.2 Å². The minimum atomic E-state index is -0.164. The molecule has 2 aliphatic heterocycles. The lowest BCUT2D eigenvalue weighted by molar-refractivity contribution is -0.640. The fourth-order valence-electron chi connectivity index (χ4n) is 7.45. The van der Waals surface area contributed by atoms with Crippen LogP contribution in [0.25, 0.3) is 0 Å². The van der Waals surface area contributed by atoms with Gasteiger partial charge in [0.05, 0.1) is 18.5 Å². The highest BCUT2D eigenvalue weighted by molar-refractivity contribution is 6.29. The summed E-state index contributed by atoms with van der Waals surface area (Å²) in [6, 6.07) is 11.4. The number of benzene rings is 1. The van der Waals surface area contributed by atoms with E-state index < -0.39 is 0 Å². The lowest BCUT2D eigenvalue weighted by atomic mass is 9.65. The summed E-state index contributed by atoms with van der Waals surface area (Å²) in [4.78, 5) is 21.3. The van der Waals surface area contributed by atoms with Gasteiger partial charge in [0.15, 0.2) is 0 Å². The van der Waals surface area contributed by atoms with Crippen molar-refractivity contribution in [2.24, 2.45) is 11.8 Å². The number of carbonyl (C=O) groups excluding carboxylic acids is 1. The predicted molar refractivity (Wildman–Crippen MR) is 137 cm³/mol. The van der Waals surface area contributed by atoms with Gasteiger partial charge in [-0.15, -0.1) is 0 Å². The molecule has 1 spiro atoms. The Morgan fingerprint density at radius 2 is 2.06 bits per heavy atom. The van der Waals surface area contributed by atoms with E-state index in [0.717, 1.165) is 69.3 Å². The minimum absolute atomic E-state index is 0.0496. The van der Waals surface area contributed by atoms with Crippen molar-refractivity contribution >= 4 is 17.5 Å². The lowest BCUT2D eigenvalue weighted by Crippen LogP contribution is -2.82. The van der Waals surface area contributed by atoms with Crippen molar-refractivity contribution in [2.45, 2.75) is 76.2 Å². The second-order valence-corrected chi connectivity index (χ2v) is 11.2.